The molecule has 0 saturated heterocycles. The minimum atomic E-state index is -1.05. The van der Waals surface area contributed by atoms with E-state index in [9.17, 15) is 9.59 Å². The van der Waals surface area contributed by atoms with E-state index in [-0.39, 0.29) is 12.3 Å². The lowest BCUT2D eigenvalue weighted by atomic mass is 9.98. The summed E-state index contributed by atoms with van der Waals surface area (Å²) in [6.07, 6.45) is 4.07. The number of nitrogens with zero attached hydrogens (tertiary/aromatic N) is 1. The lowest BCUT2D eigenvalue weighted by molar-refractivity contribution is -0.143. The van der Waals surface area contributed by atoms with Gasteiger partial charge in [0.2, 0.25) is 5.91 Å². The lowest BCUT2D eigenvalue weighted by Gasteiger charge is -2.21. The quantitative estimate of drug-likeness (QED) is 0.550. The van der Waals surface area contributed by atoms with Crippen LogP contribution in [0.25, 0.3) is 0 Å². The molecule has 1 rings (SSSR count). The van der Waals surface area contributed by atoms with Crippen LogP contribution in [0.5, 0.6) is 0 Å². The number of hydrogen-bond acceptors (Lipinski definition) is 4. The largest absolute Gasteiger partial charge is 0.480 e. The van der Waals surface area contributed by atoms with Gasteiger partial charge < -0.3 is 21.1 Å². The highest BCUT2D eigenvalue weighted by atomic mass is 16.4. The fourth-order valence-corrected chi connectivity index (χ4v) is 1.66. The molecule has 1 aromatic rings. The van der Waals surface area contributed by atoms with Crippen LogP contribution in [0.1, 0.15) is 26.0 Å². The van der Waals surface area contributed by atoms with Gasteiger partial charge in [0.1, 0.15) is 6.04 Å². The van der Waals surface area contributed by atoms with Crippen LogP contribution < -0.4 is 11.1 Å². The molecule has 0 aliphatic heterocycles. The normalized spacial score (nSPS) is 15.5. The highest BCUT2D eigenvalue weighted by molar-refractivity contribution is 5.87. The number of aromatic nitrogens is 2. The molecule has 19 heavy (non-hydrogen) atoms. The van der Waals surface area contributed by atoms with E-state index in [1.165, 1.54) is 6.33 Å². The number of carboxylic acids is 1. The summed E-state index contributed by atoms with van der Waals surface area (Å²) in [7, 11) is 0. The van der Waals surface area contributed by atoms with Crippen LogP contribution >= 0.6 is 0 Å². The van der Waals surface area contributed by atoms with Gasteiger partial charge in [0.05, 0.1) is 18.1 Å². The van der Waals surface area contributed by atoms with E-state index >= 15 is 0 Å². The second-order valence-electron chi connectivity index (χ2n) is 4.58. The summed E-state index contributed by atoms with van der Waals surface area (Å²) in [4.78, 5) is 29.7. The second-order valence-corrected chi connectivity index (χ2v) is 4.58. The smallest absolute Gasteiger partial charge is 0.326 e. The minimum Gasteiger partial charge on any atom is -0.480 e. The molecule has 1 heterocycles. The maximum atomic E-state index is 11.9. The maximum absolute atomic E-state index is 11.9. The van der Waals surface area contributed by atoms with Gasteiger partial charge in [0.15, 0.2) is 0 Å². The Morgan fingerprint density at radius 3 is 2.74 bits per heavy atom. The number of nitrogens with one attached hydrogen (secondary N) is 2. The molecule has 7 nitrogen and oxygen atoms in total. The molecule has 1 amide bonds. The number of amides is 1. The van der Waals surface area contributed by atoms with Gasteiger partial charge in [-0.25, -0.2) is 9.78 Å². The molecule has 5 N–H and O–H groups in total. The molecule has 0 aromatic carbocycles. The zero-order valence-electron chi connectivity index (χ0n) is 11.1. The van der Waals surface area contributed by atoms with Gasteiger partial charge in [-0.15, -0.1) is 0 Å². The Balaban J connectivity index is 2.58. The number of H-pyrrole nitrogens is 1. The number of rotatable bonds is 7. The predicted octanol–water partition coefficient (Wildman–Crippen LogP) is -0.105. The fourth-order valence-electron chi connectivity index (χ4n) is 1.66. The maximum Gasteiger partial charge on any atom is 0.326 e. The van der Waals surface area contributed by atoms with Gasteiger partial charge in [-0.3, -0.25) is 4.79 Å². The van der Waals surface area contributed by atoms with Crippen molar-refractivity contribution < 1.29 is 14.7 Å². The van der Waals surface area contributed by atoms with E-state index in [1.807, 2.05) is 6.92 Å². The third kappa shape index (κ3) is 4.36. The van der Waals surface area contributed by atoms with Gasteiger partial charge in [0, 0.05) is 12.6 Å². The molecule has 1 aromatic heterocycles. The van der Waals surface area contributed by atoms with Gasteiger partial charge >= 0.3 is 5.97 Å². The number of carbonyl (C=O) groups is 2. The second kappa shape index (κ2) is 6.89. The SMILES string of the molecule is CCC(C)[C@H](NC(=O)[C@@H](N)Cc1c[nH]cn1)C(=O)O. The summed E-state index contributed by atoms with van der Waals surface area (Å²) in [6.45, 7) is 3.65. The van der Waals surface area contributed by atoms with E-state index in [2.05, 4.69) is 15.3 Å². The Hall–Kier alpha value is -1.89. The van der Waals surface area contributed by atoms with Crippen molar-refractivity contribution in [3.8, 4) is 0 Å². The molecule has 0 radical (unpaired) electrons. The van der Waals surface area contributed by atoms with Crippen LogP contribution in [0.3, 0.4) is 0 Å². The van der Waals surface area contributed by atoms with Crippen LogP contribution in [-0.2, 0) is 16.0 Å². The number of carbonyl (C=O) groups excluding carboxylic acids is 1. The van der Waals surface area contributed by atoms with Gasteiger partial charge in [-0.1, -0.05) is 20.3 Å². The van der Waals surface area contributed by atoms with Crippen molar-refractivity contribution >= 4 is 11.9 Å². The molecule has 1 unspecified atom stereocenters. The topological polar surface area (TPSA) is 121 Å². The van der Waals surface area contributed by atoms with Crippen molar-refractivity contribution in [2.75, 3.05) is 0 Å². The molecule has 0 spiro atoms. The average molecular weight is 268 g/mol. The highest BCUT2D eigenvalue weighted by Gasteiger charge is 2.27. The molecule has 0 saturated carbocycles. The average Bonchev–Trinajstić information content (AvgIpc) is 2.86. The third-order valence-corrected chi connectivity index (χ3v) is 3.10. The Kier molecular flexibility index (Phi) is 5.50. The summed E-state index contributed by atoms with van der Waals surface area (Å²) in [6, 6.07) is -1.73. The van der Waals surface area contributed by atoms with E-state index < -0.39 is 24.0 Å². The first-order valence-corrected chi connectivity index (χ1v) is 6.22. The lowest BCUT2D eigenvalue weighted by Crippen LogP contribution is -2.51. The molecule has 0 aliphatic rings. The van der Waals surface area contributed by atoms with Crippen LogP contribution in [0.4, 0.5) is 0 Å². The van der Waals surface area contributed by atoms with E-state index in [0.717, 1.165) is 0 Å². The minimum absolute atomic E-state index is 0.154. The zero-order valence-corrected chi connectivity index (χ0v) is 11.1. The number of nitrogens with two attached hydrogens (primary N) is 1. The molecular formula is C12H20N4O3. The van der Waals surface area contributed by atoms with E-state index in [0.29, 0.717) is 12.1 Å². The summed E-state index contributed by atoms with van der Waals surface area (Å²) in [5, 5.41) is 11.6. The number of carboxylic acid groups (broad SMARTS) is 1. The monoisotopic (exact) mass is 268 g/mol. The molecule has 0 fully saturated rings. The zero-order chi connectivity index (χ0) is 14.4. The van der Waals surface area contributed by atoms with E-state index in [1.54, 1.807) is 13.1 Å². The number of imidazole rings is 1. The van der Waals surface area contributed by atoms with Crippen molar-refractivity contribution in [2.24, 2.45) is 11.7 Å². The predicted molar refractivity (Wildman–Crippen MR) is 69.3 cm³/mol. The molecule has 7 heteroatoms. The van der Waals surface area contributed by atoms with Gasteiger partial charge in [0.25, 0.3) is 0 Å². The van der Waals surface area contributed by atoms with Crippen LogP contribution in [0, 0.1) is 5.92 Å². The standard InChI is InChI=1S/C12H20N4O3/c1-3-7(2)10(12(18)19)16-11(17)9(13)4-8-5-14-6-15-8/h5-7,9-10H,3-4,13H2,1-2H3,(H,14,15)(H,16,17)(H,18,19)/t7?,9-,10-/m0/s1. The van der Waals surface area contributed by atoms with Crippen molar-refractivity contribution in [3.63, 3.8) is 0 Å². The Morgan fingerprint density at radius 1 is 1.58 bits per heavy atom. The van der Waals surface area contributed by atoms with Crippen LogP contribution in [0.15, 0.2) is 12.5 Å². The summed E-state index contributed by atoms with van der Waals surface area (Å²) < 4.78 is 0. The van der Waals surface area contributed by atoms with Crippen molar-refractivity contribution in [2.45, 2.75) is 38.8 Å². The Labute approximate surface area is 111 Å². The number of aromatic amines is 1. The molecule has 0 aliphatic carbocycles. The Morgan fingerprint density at radius 2 is 2.26 bits per heavy atom. The third-order valence-electron chi connectivity index (χ3n) is 3.10. The molecular weight excluding hydrogens is 248 g/mol. The number of hydrogen-bond donors (Lipinski definition) is 4. The van der Waals surface area contributed by atoms with Crippen molar-refractivity contribution in [3.05, 3.63) is 18.2 Å². The van der Waals surface area contributed by atoms with E-state index in [4.69, 9.17) is 10.8 Å². The summed E-state index contributed by atoms with van der Waals surface area (Å²) in [5.41, 5.74) is 6.40. The summed E-state index contributed by atoms with van der Waals surface area (Å²) in [5.74, 6) is -1.68. The van der Waals surface area contributed by atoms with Crippen LogP contribution in [0.2, 0.25) is 0 Å². The molecule has 106 valence electrons. The Bertz CT molecular complexity index is 419. The van der Waals surface area contributed by atoms with Gasteiger partial charge in [-0.05, 0) is 5.92 Å². The van der Waals surface area contributed by atoms with Crippen molar-refractivity contribution in [1.29, 1.82) is 0 Å². The first kappa shape index (κ1) is 15.2. The molecule has 3 atom stereocenters. The van der Waals surface area contributed by atoms with Crippen LogP contribution in [-0.4, -0.2) is 39.0 Å². The fraction of sp³-hybridized carbons (Fsp3) is 0.583. The molecule has 0 bridgehead atoms. The number of aliphatic carboxylic acids is 1. The first-order chi connectivity index (χ1) is 8.95. The summed E-state index contributed by atoms with van der Waals surface area (Å²) >= 11 is 0. The first-order valence-electron chi connectivity index (χ1n) is 6.22. The highest BCUT2D eigenvalue weighted by Crippen LogP contribution is 2.08. The van der Waals surface area contributed by atoms with Gasteiger partial charge in [-0.2, -0.15) is 0 Å². The van der Waals surface area contributed by atoms with Crippen molar-refractivity contribution in [1.82, 2.24) is 15.3 Å².